The van der Waals surface area contributed by atoms with Crippen LogP contribution in [0.25, 0.3) is 0 Å². The number of halogens is 1. The Morgan fingerprint density at radius 1 is 1.13 bits per heavy atom. The number of nitrogens with one attached hydrogen (secondary N) is 3. The maximum absolute atomic E-state index is 12.3. The molecule has 0 radical (unpaired) electrons. The van der Waals surface area contributed by atoms with Crippen LogP contribution in [0.3, 0.4) is 0 Å². The Bertz CT molecular complexity index is 880. The number of guanidine groups is 1. The largest absolute Gasteiger partial charge is 0.372 e. The van der Waals surface area contributed by atoms with Crippen molar-refractivity contribution in [3.63, 3.8) is 0 Å². The molecule has 0 aliphatic carbocycles. The molecule has 1 saturated heterocycles. The average molecular weight is 535 g/mol. The standard InChI is InChI=1S/C24H33N5O.HI/c1-4-19-9-7-11-21(15-19)28-23(30)17-26-24(25-3)27-18(2)20-10-8-12-22(16-20)29-13-5-6-14-29;/h7-12,15-16,18H,4-6,13-14,17H2,1-3H3,(H,28,30)(H2,25,26,27);1H. The number of hydrogen-bond donors (Lipinski definition) is 3. The molecule has 2 aromatic carbocycles. The highest BCUT2D eigenvalue weighted by Crippen LogP contribution is 2.23. The van der Waals surface area contributed by atoms with Crippen molar-refractivity contribution in [2.75, 3.05) is 36.9 Å². The molecule has 1 aliphatic heterocycles. The fraction of sp³-hybridized carbons (Fsp3) is 0.417. The van der Waals surface area contributed by atoms with E-state index in [1.54, 1.807) is 7.05 Å². The summed E-state index contributed by atoms with van der Waals surface area (Å²) in [4.78, 5) is 19.0. The van der Waals surface area contributed by atoms with Crippen LogP contribution in [-0.4, -0.2) is 38.5 Å². The number of nitrogens with zero attached hydrogens (tertiary/aromatic N) is 2. The van der Waals surface area contributed by atoms with Gasteiger partial charge in [0.2, 0.25) is 5.91 Å². The second kappa shape index (κ2) is 12.5. The lowest BCUT2D eigenvalue weighted by molar-refractivity contribution is -0.115. The highest BCUT2D eigenvalue weighted by atomic mass is 127. The fourth-order valence-corrected chi connectivity index (χ4v) is 3.69. The topological polar surface area (TPSA) is 68.8 Å². The van der Waals surface area contributed by atoms with Gasteiger partial charge in [0.1, 0.15) is 0 Å². The Hall–Kier alpha value is -2.29. The predicted molar refractivity (Wildman–Crippen MR) is 141 cm³/mol. The van der Waals surface area contributed by atoms with Crippen LogP contribution in [0, 0.1) is 0 Å². The van der Waals surface area contributed by atoms with Crippen LogP contribution < -0.4 is 20.9 Å². The Labute approximate surface area is 202 Å². The molecule has 1 amide bonds. The lowest BCUT2D eigenvalue weighted by Gasteiger charge is -2.22. The van der Waals surface area contributed by atoms with E-state index in [0.717, 1.165) is 25.2 Å². The van der Waals surface area contributed by atoms with E-state index >= 15 is 0 Å². The SMILES string of the molecule is CCc1cccc(NC(=O)CNC(=NC)NC(C)c2cccc(N3CCCC3)c2)c1.I. The van der Waals surface area contributed by atoms with E-state index in [4.69, 9.17) is 0 Å². The third-order valence-electron chi connectivity index (χ3n) is 5.45. The van der Waals surface area contributed by atoms with Crippen molar-refractivity contribution in [1.82, 2.24) is 10.6 Å². The summed E-state index contributed by atoms with van der Waals surface area (Å²) in [5.41, 5.74) is 4.48. The molecule has 1 heterocycles. The Morgan fingerprint density at radius 3 is 2.58 bits per heavy atom. The second-order valence-electron chi connectivity index (χ2n) is 7.68. The maximum atomic E-state index is 12.3. The quantitative estimate of drug-likeness (QED) is 0.281. The van der Waals surface area contributed by atoms with Crippen LogP contribution in [0.4, 0.5) is 11.4 Å². The van der Waals surface area contributed by atoms with E-state index < -0.39 is 0 Å². The first-order valence-corrected chi connectivity index (χ1v) is 10.8. The van der Waals surface area contributed by atoms with Crippen molar-refractivity contribution >= 4 is 47.2 Å². The molecule has 0 saturated carbocycles. The third-order valence-corrected chi connectivity index (χ3v) is 5.45. The van der Waals surface area contributed by atoms with Crippen LogP contribution in [0.15, 0.2) is 53.5 Å². The van der Waals surface area contributed by atoms with Gasteiger partial charge in [-0.15, -0.1) is 24.0 Å². The lowest BCUT2D eigenvalue weighted by atomic mass is 10.1. The van der Waals surface area contributed by atoms with Crippen molar-refractivity contribution in [3.8, 4) is 0 Å². The minimum atomic E-state index is -0.102. The summed E-state index contributed by atoms with van der Waals surface area (Å²) in [6.45, 7) is 6.61. The van der Waals surface area contributed by atoms with Crippen LogP contribution in [0.5, 0.6) is 0 Å². The van der Waals surface area contributed by atoms with Crippen LogP contribution in [0.2, 0.25) is 0 Å². The van der Waals surface area contributed by atoms with Gasteiger partial charge in [-0.2, -0.15) is 0 Å². The zero-order chi connectivity index (χ0) is 21.3. The summed E-state index contributed by atoms with van der Waals surface area (Å²) in [5, 5.41) is 9.41. The van der Waals surface area contributed by atoms with Gasteiger partial charge in [0.25, 0.3) is 0 Å². The Morgan fingerprint density at radius 2 is 1.87 bits per heavy atom. The summed E-state index contributed by atoms with van der Waals surface area (Å²) in [6, 6.07) is 16.6. The number of amides is 1. The number of benzene rings is 2. The van der Waals surface area contributed by atoms with Crippen molar-refractivity contribution in [3.05, 3.63) is 59.7 Å². The number of aryl methyl sites for hydroxylation is 1. The molecule has 1 aliphatic rings. The van der Waals surface area contributed by atoms with E-state index in [2.05, 4.69) is 70.0 Å². The number of carbonyl (C=O) groups is 1. The molecule has 2 aromatic rings. The molecule has 0 spiro atoms. The van der Waals surface area contributed by atoms with E-state index in [-0.39, 0.29) is 42.5 Å². The third kappa shape index (κ3) is 7.41. The minimum absolute atomic E-state index is 0. The molecule has 0 aromatic heterocycles. The first-order chi connectivity index (χ1) is 14.6. The van der Waals surface area contributed by atoms with Gasteiger partial charge < -0.3 is 20.9 Å². The van der Waals surface area contributed by atoms with Crippen LogP contribution >= 0.6 is 24.0 Å². The minimum Gasteiger partial charge on any atom is -0.372 e. The molecule has 168 valence electrons. The summed E-state index contributed by atoms with van der Waals surface area (Å²) in [6.07, 6.45) is 3.47. The Kier molecular flexibility index (Phi) is 10.1. The highest BCUT2D eigenvalue weighted by Gasteiger charge is 2.15. The molecule has 0 bridgehead atoms. The van der Waals surface area contributed by atoms with Gasteiger partial charge in [0.15, 0.2) is 5.96 Å². The fourth-order valence-electron chi connectivity index (χ4n) is 3.69. The molecule has 31 heavy (non-hydrogen) atoms. The Balaban J connectivity index is 0.00000341. The number of anilines is 2. The maximum Gasteiger partial charge on any atom is 0.243 e. The zero-order valence-electron chi connectivity index (χ0n) is 18.6. The first kappa shape index (κ1) is 25.0. The van der Waals surface area contributed by atoms with Gasteiger partial charge in [0, 0.05) is 31.5 Å². The van der Waals surface area contributed by atoms with Gasteiger partial charge >= 0.3 is 0 Å². The predicted octanol–water partition coefficient (Wildman–Crippen LogP) is 4.33. The zero-order valence-corrected chi connectivity index (χ0v) is 21.0. The number of rotatable bonds is 7. The number of hydrogen-bond acceptors (Lipinski definition) is 3. The smallest absolute Gasteiger partial charge is 0.243 e. The van der Waals surface area contributed by atoms with E-state index in [0.29, 0.717) is 5.96 Å². The lowest BCUT2D eigenvalue weighted by Crippen LogP contribution is -2.42. The molecule has 6 nitrogen and oxygen atoms in total. The summed E-state index contributed by atoms with van der Waals surface area (Å²) >= 11 is 0. The van der Waals surface area contributed by atoms with E-state index in [1.165, 1.54) is 29.7 Å². The monoisotopic (exact) mass is 535 g/mol. The molecule has 3 N–H and O–H groups in total. The van der Waals surface area contributed by atoms with Crippen LogP contribution in [-0.2, 0) is 11.2 Å². The molecule has 1 atom stereocenters. The second-order valence-corrected chi connectivity index (χ2v) is 7.68. The van der Waals surface area contributed by atoms with Gasteiger partial charge in [-0.1, -0.05) is 31.2 Å². The molecule has 7 heteroatoms. The first-order valence-electron chi connectivity index (χ1n) is 10.8. The molecule has 1 fully saturated rings. The van der Waals surface area contributed by atoms with Crippen LogP contribution in [0.1, 0.15) is 43.9 Å². The van der Waals surface area contributed by atoms with E-state index in [9.17, 15) is 4.79 Å². The summed E-state index contributed by atoms with van der Waals surface area (Å²) in [7, 11) is 1.71. The van der Waals surface area contributed by atoms with Gasteiger partial charge in [-0.3, -0.25) is 9.79 Å². The van der Waals surface area contributed by atoms with Crippen molar-refractivity contribution in [2.45, 2.75) is 39.2 Å². The molecule has 1 unspecified atom stereocenters. The molecular formula is C24H34IN5O. The highest BCUT2D eigenvalue weighted by molar-refractivity contribution is 14.0. The van der Waals surface area contributed by atoms with Gasteiger partial charge in [-0.05, 0) is 61.6 Å². The van der Waals surface area contributed by atoms with Crippen molar-refractivity contribution in [2.24, 2.45) is 4.99 Å². The van der Waals surface area contributed by atoms with E-state index in [1.807, 2.05) is 18.2 Å². The van der Waals surface area contributed by atoms with Crippen molar-refractivity contribution in [1.29, 1.82) is 0 Å². The number of aliphatic imine (C=N–C) groups is 1. The number of carbonyl (C=O) groups excluding carboxylic acids is 1. The molecule has 3 rings (SSSR count). The normalized spacial score (nSPS) is 14.5. The summed E-state index contributed by atoms with van der Waals surface area (Å²) < 4.78 is 0. The molecular weight excluding hydrogens is 501 g/mol. The van der Waals surface area contributed by atoms with Crippen molar-refractivity contribution < 1.29 is 4.79 Å². The summed E-state index contributed by atoms with van der Waals surface area (Å²) in [5.74, 6) is 0.501. The van der Waals surface area contributed by atoms with Gasteiger partial charge in [0.05, 0.1) is 12.6 Å². The van der Waals surface area contributed by atoms with Gasteiger partial charge in [-0.25, -0.2) is 0 Å². The average Bonchev–Trinajstić information content (AvgIpc) is 3.31.